The average Bonchev–Trinajstić information content (AvgIpc) is 2.73. The largest absolute Gasteiger partial charge is 0.511 e. The van der Waals surface area contributed by atoms with Crippen LogP contribution < -0.4 is 10.6 Å². The smallest absolute Gasteiger partial charge is 0.303 e. The lowest BCUT2D eigenvalue weighted by molar-refractivity contribution is -0.136. The van der Waals surface area contributed by atoms with Crippen LogP contribution in [0.1, 0.15) is 12.8 Å². The zero-order chi connectivity index (χ0) is 12.4. The van der Waals surface area contributed by atoms with Gasteiger partial charge < -0.3 is 10.2 Å². The van der Waals surface area contributed by atoms with E-state index in [1.165, 1.54) is 23.1 Å². The van der Waals surface area contributed by atoms with Crippen LogP contribution in [-0.2, 0) is 4.79 Å². The van der Waals surface area contributed by atoms with Crippen molar-refractivity contribution in [2.45, 2.75) is 12.8 Å². The van der Waals surface area contributed by atoms with Gasteiger partial charge >= 0.3 is 5.97 Å². The van der Waals surface area contributed by atoms with Crippen LogP contribution in [-0.4, -0.2) is 30.8 Å². The third-order valence-electron chi connectivity index (χ3n) is 2.27. The molecule has 2 rings (SSSR count). The van der Waals surface area contributed by atoms with Gasteiger partial charge in [0.05, 0.1) is 6.42 Å². The number of carbonyl (C=O) groups is 1. The Labute approximate surface area is 94.6 Å². The second kappa shape index (κ2) is 4.20. The molecule has 0 fully saturated rings. The SMILES string of the molecule is O=C(O)CCC(O)=c1c(=O)ccn2ncnc12. The van der Waals surface area contributed by atoms with Gasteiger partial charge in [0.2, 0.25) is 0 Å². The van der Waals surface area contributed by atoms with Gasteiger partial charge in [-0.1, -0.05) is 0 Å². The molecule has 2 aromatic heterocycles. The van der Waals surface area contributed by atoms with E-state index < -0.39 is 11.4 Å². The van der Waals surface area contributed by atoms with Gasteiger partial charge in [-0.25, -0.2) is 9.50 Å². The van der Waals surface area contributed by atoms with E-state index in [4.69, 9.17) is 5.11 Å². The molecule has 2 aromatic rings. The summed E-state index contributed by atoms with van der Waals surface area (Å²) in [6.45, 7) is 0. The van der Waals surface area contributed by atoms with Crippen LogP contribution in [0.25, 0.3) is 11.4 Å². The van der Waals surface area contributed by atoms with Crippen molar-refractivity contribution in [3.05, 3.63) is 34.0 Å². The fraction of sp³-hybridized carbons (Fsp3) is 0.200. The maximum atomic E-state index is 11.6. The maximum Gasteiger partial charge on any atom is 0.303 e. The minimum Gasteiger partial charge on any atom is -0.511 e. The first-order valence-electron chi connectivity index (χ1n) is 4.86. The van der Waals surface area contributed by atoms with Crippen LogP contribution in [0.15, 0.2) is 23.4 Å². The molecule has 0 aromatic carbocycles. The summed E-state index contributed by atoms with van der Waals surface area (Å²) in [7, 11) is 0. The predicted molar refractivity (Wildman–Crippen MR) is 57.4 cm³/mol. The van der Waals surface area contributed by atoms with Gasteiger partial charge in [-0.15, -0.1) is 0 Å². The molecular weight excluding hydrogens is 226 g/mol. The Morgan fingerprint density at radius 2 is 2.12 bits per heavy atom. The number of nitrogens with zero attached hydrogens (tertiary/aromatic N) is 3. The van der Waals surface area contributed by atoms with Crippen LogP contribution in [0.2, 0.25) is 0 Å². The van der Waals surface area contributed by atoms with Crippen molar-refractivity contribution < 1.29 is 15.0 Å². The Hall–Kier alpha value is -2.44. The number of fused-ring (bicyclic) bond motifs is 1. The van der Waals surface area contributed by atoms with Crippen molar-refractivity contribution in [2.24, 2.45) is 0 Å². The Bertz CT molecular complexity index is 676. The van der Waals surface area contributed by atoms with E-state index in [1.807, 2.05) is 0 Å². The van der Waals surface area contributed by atoms with Gasteiger partial charge in [0.25, 0.3) is 0 Å². The second-order valence-electron chi connectivity index (χ2n) is 3.42. The molecular formula is C10H9N3O4. The van der Waals surface area contributed by atoms with Crippen LogP contribution in [0.4, 0.5) is 0 Å². The van der Waals surface area contributed by atoms with Crippen molar-refractivity contribution in [1.29, 1.82) is 0 Å². The zero-order valence-electron chi connectivity index (χ0n) is 8.70. The summed E-state index contributed by atoms with van der Waals surface area (Å²) >= 11 is 0. The number of carboxylic acids is 1. The van der Waals surface area contributed by atoms with E-state index in [2.05, 4.69) is 10.1 Å². The number of aliphatic hydroxyl groups excluding tert-OH is 1. The summed E-state index contributed by atoms with van der Waals surface area (Å²) in [5, 5.41) is 22.1. The normalized spacial score (nSPS) is 12.7. The van der Waals surface area contributed by atoms with E-state index in [0.29, 0.717) is 0 Å². The number of aliphatic hydroxyl groups is 1. The fourth-order valence-electron chi connectivity index (χ4n) is 1.49. The molecule has 0 saturated carbocycles. The molecule has 0 aliphatic rings. The molecule has 0 spiro atoms. The van der Waals surface area contributed by atoms with Crippen molar-refractivity contribution in [1.82, 2.24) is 14.6 Å². The Morgan fingerprint density at radius 1 is 1.35 bits per heavy atom. The zero-order valence-corrected chi connectivity index (χ0v) is 8.70. The highest BCUT2D eigenvalue weighted by molar-refractivity contribution is 5.68. The number of aromatic nitrogens is 3. The molecule has 0 amide bonds. The molecule has 88 valence electrons. The molecule has 0 atom stereocenters. The van der Waals surface area contributed by atoms with Gasteiger partial charge in [0.15, 0.2) is 11.1 Å². The highest BCUT2D eigenvalue weighted by Gasteiger charge is 2.08. The minimum absolute atomic E-state index is 0.00579. The summed E-state index contributed by atoms with van der Waals surface area (Å²) in [5.41, 5.74) is -0.186. The van der Waals surface area contributed by atoms with E-state index in [1.54, 1.807) is 0 Å². The first-order valence-corrected chi connectivity index (χ1v) is 4.86. The van der Waals surface area contributed by atoms with E-state index >= 15 is 0 Å². The maximum absolute atomic E-state index is 11.6. The number of aliphatic carboxylic acids is 1. The summed E-state index contributed by atoms with van der Waals surface area (Å²) < 4.78 is 1.34. The van der Waals surface area contributed by atoms with Gasteiger partial charge in [0.1, 0.15) is 17.3 Å². The molecule has 0 aliphatic carbocycles. The van der Waals surface area contributed by atoms with Crippen LogP contribution in [0, 0.1) is 0 Å². The standard InChI is InChI=1S/C10H9N3O4/c14-6(1-2-8(16)17)9-7(15)3-4-13-10(9)11-5-12-13/h3-5,14H,1-2H2,(H,16,17). The third kappa shape index (κ3) is 2.07. The van der Waals surface area contributed by atoms with Gasteiger partial charge in [0, 0.05) is 18.7 Å². The lowest BCUT2D eigenvalue weighted by atomic mass is 10.2. The van der Waals surface area contributed by atoms with Crippen LogP contribution in [0.3, 0.4) is 0 Å². The number of hydrogen-bond acceptors (Lipinski definition) is 5. The number of hydrogen-bond donors (Lipinski definition) is 2. The average molecular weight is 235 g/mol. The molecule has 7 heteroatoms. The molecule has 17 heavy (non-hydrogen) atoms. The fourth-order valence-corrected chi connectivity index (χ4v) is 1.49. The van der Waals surface area contributed by atoms with Gasteiger partial charge in [-0.05, 0) is 0 Å². The molecule has 0 aliphatic heterocycles. The first-order chi connectivity index (χ1) is 8.09. The monoisotopic (exact) mass is 235 g/mol. The van der Waals surface area contributed by atoms with Gasteiger partial charge in [-0.2, -0.15) is 5.10 Å². The highest BCUT2D eigenvalue weighted by atomic mass is 16.4. The number of carboxylic acid groups (broad SMARTS) is 1. The summed E-state index contributed by atoms with van der Waals surface area (Å²) in [4.78, 5) is 25.9. The highest BCUT2D eigenvalue weighted by Crippen LogP contribution is 2.00. The van der Waals surface area contributed by atoms with E-state index in [9.17, 15) is 14.7 Å². The quantitative estimate of drug-likeness (QED) is 0.731. The second-order valence-corrected chi connectivity index (χ2v) is 3.42. The van der Waals surface area contributed by atoms with Crippen molar-refractivity contribution in [3.8, 4) is 0 Å². The lowest BCUT2D eigenvalue weighted by Gasteiger charge is -1.97. The van der Waals surface area contributed by atoms with Gasteiger partial charge in [-0.3, -0.25) is 9.59 Å². The molecule has 0 bridgehead atoms. The molecule has 7 nitrogen and oxygen atoms in total. The Kier molecular flexibility index (Phi) is 2.73. The third-order valence-corrected chi connectivity index (χ3v) is 2.27. The Morgan fingerprint density at radius 3 is 2.82 bits per heavy atom. The molecule has 0 saturated heterocycles. The number of rotatable bonds is 3. The number of pyridine rings is 1. The molecule has 2 N–H and O–H groups in total. The van der Waals surface area contributed by atoms with E-state index in [-0.39, 0.29) is 29.5 Å². The van der Waals surface area contributed by atoms with Crippen LogP contribution in [0.5, 0.6) is 0 Å². The lowest BCUT2D eigenvalue weighted by Crippen LogP contribution is -2.29. The Balaban J connectivity index is 2.63. The predicted octanol–water partition coefficient (Wildman–Crippen LogP) is -0.661. The molecule has 0 unspecified atom stereocenters. The van der Waals surface area contributed by atoms with Crippen LogP contribution >= 0.6 is 0 Å². The van der Waals surface area contributed by atoms with Crippen molar-refractivity contribution in [2.75, 3.05) is 0 Å². The molecule has 0 radical (unpaired) electrons. The van der Waals surface area contributed by atoms with Crippen molar-refractivity contribution in [3.63, 3.8) is 0 Å². The van der Waals surface area contributed by atoms with E-state index in [0.717, 1.165) is 0 Å². The first kappa shape index (κ1) is 11.1. The minimum atomic E-state index is -1.04. The summed E-state index contributed by atoms with van der Waals surface area (Å²) in [6, 6.07) is 1.24. The topological polar surface area (TPSA) is 105 Å². The molecule has 2 heterocycles. The van der Waals surface area contributed by atoms with Crippen molar-refractivity contribution >= 4 is 17.4 Å². The summed E-state index contributed by atoms with van der Waals surface area (Å²) in [6.07, 6.45) is 2.32. The summed E-state index contributed by atoms with van der Waals surface area (Å²) in [5.74, 6) is -1.33.